The van der Waals surface area contributed by atoms with Crippen molar-refractivity contribution in [2.45, 2.75) is 33.6 Å². The Morgan fingerprint density at radius 3 is 2.60 bits per heavy atom. The molecule has 0 fully saturated rings. The van der Waals surface area contributed by atoms with Gasteiger partial charge in [-0.2, -0.15) is 0 Å². The van der Waals surface area contributed by atoms with E-state index in [0.29, 0.717) is 6.42 Å². The first-order chi connectivity index (χ1) is 7.06. The largest absolute Gasteiger partial charge is 0.294 e. The molecular weight excluding hydrogens is 184 g/mol. The van der Waals surface area contributed by atoms with Crippen LogP contribution in [0.5, 0.6) is 0 Å². The zero-order valence-corrected chi connectivity index (χ0v) is 9.76. The van der Waals surface area contributed by atoms with Crippen LogP contribution >= 0.6 is 0 Å². The fraction of sp³-hybridized carbons (Fsp3) is 0.357. The molecule has 0 aliphatic heterocycles. The molecule has 1 heteroatoms. The summed E-state index contributed by atoms with van der Waals surface area (Å²) in [6.45, 7) is 9.92. The highest BCUT2D eigenvalue weighted by atomic mass is 16.1. The smallest absolute Gasteiger partial charge is 0.167 e. The molecule has 0 unspecified atom stereocenters. The molecule has 1 aromatic carbocycles. The fourth-order valence-electron chi connectivity index (χ4n) is 1.50. The summed E-state index contributed by atoms with van der Waals surface area (Å²) in [5.74, 6) is 0.183. The van der Waals surface area contributed by atoms with Crippen molar-refractivity contribution in [1.29, 1.82) is 0 Å². The van der Waals surface area contributed by atoms with Gasteiger partial charge in [-0.1, -0.05) is 37.3 Å². The summed E-state index contributed by atoms with van der Waals surface area (Å²) >= 11 is 0. The Morgan fingerprint density at radius 1 is 1.33 bits per heavy atom. The van der Waals surface area contributed by atoms with Gasteiger partial charge < -0.3 is 0 Å². The molecule has 0 spiro atoms. The summed E-state index contributed by atoms with van der Waals surface area (Å²) in [5, 5.41) is 0. The summed E-state index contributed by atoms with van der Waals surface area (Å²) in [7, 11) is 0. The monoisotopic (exact) mass is 202 g/mol. The van der Waals surface area contributed by atoms with Crippen LogP contribution in [0.4, 0.5) is 0 Å². The van der Waals surface area contributed by atoms with Gasteiger partial charge in [0.2, 0.25) is 0 Å². The molecule has 0 heterocycles. The van der Waals surface area contributed by atoms with Gasteiger partial charge in [-0.25, -0.2) is 0 Å². The predicted molar refractivity (Wildman–Crippen MR) is 64.3 cm³/mol. The van der Waals surface area contributed by atoms with Gasteiger partial charge in [0.25, 0.3) is 0 Å². The predicted octanol–water partition coefficient (Wildman–Crippen LogP) is 3.84. The second-order valence-corrected chi connectivity index (χ2v) is 3.95. The van der Waals surface area contributed by atoms with Crippen LogP contribution in [0, 0.1) is 13.8 Å². The van der Waals surface area contributed by atoms with E-state index in [9.17, 15) is 4.79 Å². The maximum absolute atomic E-state index is 11.9. The van der Waals surface area contributed by atoms with E-state index >= 15 is 0 Å². The van der Waals surface area contributed by atoms with Crippen molar-refractivity contribution in [3.05, 3.63) is 47.0 Å². The minimum atomic E-state index is 0.183. The quantitative estimate of drug-likeness (QED) is 0.535. The summed E-state index contributed by atoms with van der Waals surface area (Å²) < 4.78 is 0. The summed E-state index contributed by atoms with van der Waals surface area (Å²) in [6, 6.07) is 5.86. The zero-order valence-electron chi connectivity index (χ0n) is 9.76. The summed E-state index contributed by atoms with van der Waals surface area (Å²) in [6.07, 6.45) is 1.34. The molecule has 0 bridgehead atoms. The first kappa shape index (κ1) is 11.7. The standard InChI is InChI=1S/C14H18O/c1-5-10(2)9-14(15)13-8-6-7-11(3)12(13)4/h6-8H,2,5,9H2,1,3-4H3. The second-order valence-electron chi connectivity index (χ2n) is 3.95. The fourth-order valence-corrected chi connectivity index (χ4v) is 1.50. The van der Waals surface area contributed by atoms with E-state index < -0.39 is 0 Å². The van der Waals surface area contributed by atoms with Gasteiger partial charge in [-0.3, -0.25) is 4.79 Å². The molecule has 0 aliphatic carbocycles. The Bertz CT molecular complexity index is 388. The molecule has 1 aromatic rings. The van der Waals surface area contributed by atoms with Crippen LogP contribution in [-0.2, 0) is 0 Å². The summed E-state index contributed by atoms with van der Waals surface area (Å²) in [5.41, 5.74) is 4.10. The van der Waals surface area contributed by atoms with Crippen LogP contribution in [0.1, 0.15) is 41.3 Å². The van der Waals surface area contributed by atoms with E-state index in [0.717, 1.165) is 23.1 Å². The first-order valence-corrected chi connectivity index (χ1v) is 5.32. The van der Waals surface area contributed by atoms with Crippen LogP contribution in [0.25, 0.3) is 0 Å². The van der Waals surface area contributed by atoms with E-state index in [1.54, 1.807) is 0 Å². The number of allylic oxidation sites excluding steroid dienone is 1. The maximum Gasteiger partial charge on any atom is 0.167 e. The van der Waals surface area contributed by atoms with Gasteiger partial charge >= 0.3 is 0 Å². The molecule has 15 heavy (non-hydrogen) atoms. The van der Waals surface area contributed by atoms with Crippen molar-refractivity contribution in [2.75, 3.05) is 0 Å². The number of hydrogen-bond donors (Lipinski definition) is 0. The van der Waals surface area contributed by atoms with Crippen molar-refractivity contribution in [3.8, 4) is 0 Å². The molecule has 1 rings (SSSR count). The van der Waals surface area contributed by atoms with Gasteiger partial charge in [0.05, 0.1) is 0 Å². The number of rotatable bonds is 4. The average Bonchev–Trinajstić information content (AvgIpc) is 2.21. The Kier molecular flexibility index (Phi) is 3.84. The normalized spacial score (nSPS) is 10.1. The maximum atomic E-state index is 11.9. The Morgan fingerprint density at radius 2 is 2.00 bits per heavy atom. The Balaban J connectivity index is 2.92. The average molecular weight is 202 g/mol. The topological polar surface area (TPSA) is 17.1 Å². The van der Waals surface area contributed by atoms with E-state index in [-0.39, 0.29) is 5.78 Å². The third kappa shape index (κ3) is 2.79. The molecule has 0 saturated carbocycles. The molecule has 1 nitrogen and oxygen atoms in total. The van der Waals surface area contributed by atoms with E-state index in [4.69, 9.17) is 0 Å². The lowest BCUT2D eigenvalue weighted by molar-refractivity contribution is 0.0991. The van der Waals surface area contributed by atoms with Gasteiger partial charge in [0.15, 0.2) is 5.78 Å². The highest BCUT2D eigenvalue weighted by Crippen LogP contribution is 2.17. The van der Waals surface area contributed by atoms with Crippen LogP contribution < -0.4 is 0 Å². The minimum absolute atomic E-state index is 0.183. The van der Waals surface area contributed by atoms with Crippen LogP contribution in [0.15, 0.2) is 30.4 Å². The summed E-state index contributed by atoms with van der Waals surface area (Å²) in [4.78, 5) is 11.9. The minimum Gasteiger partial charge on any atom is -0.294 e. The SMILES string of the molecule is C=C(CC)CC(=O)c1cccc(C)c1C. The molecular formula is C14H18O. The first-order valence-electron chi connectivity index (χ1n) is 5.32. The number of benzene rings is 1. The van der Waals surface area contributed by atoms with E-state index in [1.165, 1.54) is 5.56 Å². The highest BCUT2D eigenvalue weighted by Gasteiger charge is 2.10. The molecule has 0 saturated heterocycles. The molecule has 0 radical (unpaired) electrons. The highest BCUT2D eigenvalue weighted by molar-refractivity contribution is 5.99. The third-order valence-corrected chi connectivity index (χ3v) is 2.82. The van der Waals surface area contributed by atoms with Crippen molar-refractivity contribution in [3.63, 3.8) is 0 Å². The number of carbonyl (C=O) groups is 1. The molecule has 0 aromatic heterocycles. The van der Waals surface area contributed by atoms with Crippen molar-refractivity contribution in [2.24, 2.45) is 0 Å². The van der Waals surface area contributed by atoms with Gasteiger partial charge in [0, 0.05) is 12.0 Å². The van der Waals surface area contributed by atoms with Gasteiger partial charge in [-0.15, -0.1) is 0 Å². The zero-order chi connectivity index (χ0) is 11.4. The lowest BCUT2D eigenvalue weighted by Crippen LogP contribution is -2.03. The number of hydrogen-bond acceptors (Lipinski definition) is 1. The number of ketones is 1. The second kappa shape index (κ2) is 4.92. The molecule has 0 N–H and O–H groups in total. The molecule has 80 valence electrons. The van der Waals surface area contributed by atoms with Crippen molar-refractivity contribution in [1.82, 2.24) is 0 Å². The van der Waals surface area contributed by atoms with Gasteiger partial charge in [-0.05, 0) is 31.4 Å². The van der Waals surface area contributed by atoms with E-state index in [2.05, 4.69) is 6.58 Å². The van der Waals surface area contributed by atoms with Crippen molar-refractivity contribution >= 4 is 5.78 Å². The lowest BCUT2D eigenvalue weighted by Gasteiger charge is -2.08. The van der Waals surface area contributed by atoms with Crippen LogP contribution in [0.2, 0.25) is 0 Å². The van der Waals surface area contributed by atoms with Crippen molar-refractivity contribution < 1.29 is 4.79 Å². The number of Topliss-reactive ketones (excluding diaryl/α,β-unsaturated/α-hetero) is 1. The van der Waals surface area contributed by atoms with Crippen LogP contribution in [0.3, 0.4) is 0 Å². The Hall–Kier alpha value is -1.37. The Labute approximate surface area is 91.8 Å². The lowest BCUT2D eigenvalue weighted by atomic mass is 9.96. The molecule has 0 aliphatic rings. The molecule has 0 atom stereocenters. The number of carbonyl (C=O) groups excluding carboxylic acids is 1. The number of aryl methyl sites for hydroxylation is 1. The van der Waals surface area contributed by atoms with Crippen LogP contribution in [-0.4, -0.2) is 5.78 Å². The third-order valence-electron chi connectivity index (χ3n) is 2.82. The van der Waals surface area contributed by atoms with Gasteiger partial charge in [0.1, 0.15) is 0 Å². The van der Waals surface area contributed by atoms with E-state index in [1.807, 2.05) is 39.0 Å². The molecule has 0 amide bonds.